The van der Waals surface area contributed by atoms with Crippen LogP contribution >= 0.6 is 0 Å². The minimum Gasteiger partial charge on any atom is -0.869 e. The fraction of sp³-hybridized carbons (Fsp3) is 0.333. The van der Waals surface area contributed by atoms with Crippen LogP contribution in [0.4, 0.5) is 0 Å². The van der Waals surface area contributed by atoms with Crippen molar-refractivity contribution in [3.05, 3.63) is 48.0 Å². The number of unbranched alkanes of at least 4 members (excludes halogenated alkanes) is 3. The molecule has 0 aromatic heterocycles. The molecule has 0 radical (unpaired) electrons. The van der Waals surface area contributed by atoms with Crippen LogP contribution in [-0.2, 0) is 16.5 Å². The molecule has 7 heteroatoms. The van der Waals surface area contributed by atoms with Gasteiger partial charge in [-0.2, -0.15) is 8.42 Å². The molecule has 25 heavy (non-hydrogen) atoms. The Bertz CT molecular complexity index is 776. The topological polar surface area (TPSA) is 86.7 Å². The Morgan fingerprint density at radius 1 is 1.08 bits per heavy atom. The third-order valence-corrected chi connectivity index (χ3v) is 4.51. The summed E-state index contributed by atoms with van der Waals surface area (Å²) in [6, 6.07) is 11.4. The van der Waals surface area contributed by atoms with Gasteiger partial charge in [0.1, 0.15) is 11.5 Å². The van der Waals surface area contributed by atoms with E-state index in [9.17, 15) is 18.1 Å². The van der Waals surface area contributed by atoms with E-state index in [1.54, 1.807) is 36.4 Å². The van der Waals surface area contributed by atoms with Crippen molar-refractivity contribution in [2.45, 2.75) is 43.9 Å². The van der Waals surface area contributed by atoms with Crippen molar-refractivity contribution in [2.24, 2.45) is 0 Å². The van der Waals surface area contributed by atoms with E-state index in [1.165, 1.54) is 6.07 Å². The molecule has 0 atom stereocenters. The van der Waals surface area contributed by atoms with Gasteiger partial charge >= 0.3 is 51.4 Å². The average molecular weight is 389 g/mol. The largest absolute Gasteiger partial charge is 1.00 e. The molecule has 0 unspecified atom stereocenters. The van der Waals surface area contributed by atoms with Crippen LogP contribution in [0.25, 0.3) is 0 Å². The van der Waals surface area contributed by atoms with E-state index in [0.29, 0.717) is 17.7 Å². The molecule has 0 saturated heterocycles. The van der Waals surface area contributed by atoms with E-state index < -0.39 is 20.8 Å². The fourth-order valence-corrected chi connectivity index (χ4v) is 3.05. The molecule has 2 rings (SSSR count). The second kappa shape index (κ2) is 10.7. The molecule has 0 aliphatic heterocycles. The molecule has 5 nitrogen and oxygen atoms in total. The minimum absolute atomic E-state index is 0. The minimum atomic E-state index is -4.60. The van der Waals surface area contributed by atoms with Gasteiger partial charge in [0.2, 0.25) is 0 Å². The summed E-state index contributed by atoms with van der Waals surface area (Å²) in [5.41, 5.74) is 0.657. The van der Waals surface area contributed by atoms with Gasteiger partial charge in [0.25, 0.3) is 10.1 Å². The molecule has 1 N–H and O–H groups in total. The summed E-state index contributed by atoms with van der Waals surface area (Å²) < 4.78 is 37.8. The summed E-state index contributed by atoms with van der Waals surface area (Å²) >= 11 is 0. The molecule has 0 aliphatic rings. The van der Waals surface area contributed by atoms with E-state index in [2.05, 4.69) is 6.92 Å². The average Bonchev–Trinajstić information content (AvgIpc) is 2.54. The molecular weight excluding hydrogens is 367 g/mol. The molecule has 2 aromatic rings. The first-order chi connectivity index (χ1) is 11.4. The molecule has 0 aliphatic carbocycles. The molecule has 0 spiro atoms. The predicted molar refractivity (Wildman–Crippen MR) is 90.1 cm³/mol. The van der Waals surface area contributed by atoms with Crippen LogP contribution in [0.2, 0.25) is 0 Å². The molecule has 130 valence electrons. The third kappa shape index (κ3) is 7.01. The van der Waals surface area contributed by atoms with E-state index in [1.807, 2.05) is 0 Å². The van der Waals surface area contributed by atoms with Crippen molar-refractivity contribution < 1.29 is 74.2 Å². The molecule has 0 bridgehead atoms. The van der Waals surface area contributed by atoms with Gasteiger partial charge in [-0.15, -0.1) is 0 Å². The van der Waals surface area contributed by atoms with Crippen molar-refractivity contribution in [3.8, 4) is 17.2 Å². The van der Waals surface area contributed by atoms with Crippen LogP contribution in [0.3, 0.4) is 0 Å². The first kappa shape index (κ1) is 22.6. The molecule has 0 fully saturated rings. The Balaban J connectivity index is 0.00000312. The first-order valence-corrected chi connectivity index (χ1v) is 9.40. The number of hydrogen-bond donors (Lipinski definition) is 1. The first-order valence-electron chi connectivity index (χ1n) is 7.96. The van der Waals surface area contributed by atoms with Crippen molar-refractivity contribution in [2.75, 3.05) is 0 Å². The maximum absolute atomic E-state index is 12.3. The Morgan fingerprint density at radius 3 is 2.36 bits per heavy atom. The zero-order chi connectivity index (χ0) is 17.6. The SMILES string of the molecule is CCCCCCc1cc(Oc2ccccc2)c([O-])c(S(=O)(=O)O)c1.[K+]. The second-order valence-corrected chi connectivity index (χ2v) is 7.01. The summed E-state index contributed by atoms with van der Waals surface area (Å²) in [4.78, 5) is -0.638. The summed E-state index contributed by atoms with van der Waals surface area (Å²) in [5.74, 6) is -0.500. The summed E-state index contributed by atoms with van der Waals surface area (Å²) in [5, 5.41) is 12.3. The standard InChI is InChI=1S/C18H22O5S.K/c1-2-3-4-6-9-14-12-16(23-15-10-7-5-8-11-15)18(19)17(13-14)24(20,21)22;/h5,7-8,10-13,19H,2-4,6,9H2,1H3,(H,20,21,22);/q;+1/p-1. The van der Waals surface area contributed by atoms with Crippen molar-refractivity contribution >= 4 is 10.1 Å². The molecular formula is C18H21KO5S. The molecule has 0 amide bonds. The number of rotatable bonds is 8. The van der Waals surface area contributed by atoms with Crippen molar-refractivity contribution in [1.82, 2.24) is 0 Å². The number of para-hydroxylation sites is 1. The summed E-state index contributed by atoms with van der Waals surface area (Å²) in [6.07, 6.45) is 4.71. The third-order valence-electron chi connectivity index (χ3n) is 3.65. The monoisotopic (exact) mass is 388 g/mol. The van der Waals surface area contributed by atoms with E-state index in [-0.39, 0.29) is 57.1 Å². The van der Waals surface area contributed by atoms with Crippen LogP contribution in [0, 0.1) is 0 Å². The van der Waals surface area contributed by atoms with Crippen LogP contribution in [0.15, 0.2) is 47.4 Å². The van der Waals surface area contributed by atoms with Crippen LogP contribution < -0.4 is 61.2 Å². The molecule has 0 heterocycles. The predicted octanol–water partition coefficient (Wildman–Crippen LogP) is 0.926. The number of hydrogen-bond acceptors (Lipinski definition) is 4. The smallest absolute Gasteiger partial charge is 0.869 e. The Hall–Kier alpha value is -0.414. The van der Waals surface area contributed by atoms with Crippen molar-refractivity contribution in [3.63, 3.8) is 0 Å². The van der Waals surface area contributed by atoms with Crippen LogP contribution in [0.5, 0.6) is 17.2 Å². The number of benzene rings is 2. The van der Waals surface area contributed by atoms with Gasteiger partial charge < -0.3 is 9.84 Å². The van der Waals surface area contributed by atoms with E-state index in [4.69, 9.17) is 4.74 Å². The molecule has 2 aromatic carbocycles. The van der Waals surface area contributed by atoms with Crippen LogP contribution in [0.1, 0.15) is 38.2 Å². The van der Waals surface area contributed by atoms with Gasteiger partial charge in [0.15, 0.2) is 0 Å². The zero-order valence-corrected chi connectivity index (χ0v) is 18.5. The van der Waals surface area contributed by atoms with Gasteiger partial charge in [0, 0.05) is 0 Å². The number of aryl methyl sites for hydroxylation is 1. The summed E-state index contributed by atoms with van der Waals surface area (Å²) in [6.45, 7) is 2.11. The fourth-order valence-electron chi connectivity index (χ4n) is 2.41. The van der Waals surface area contributed by atoms with Gasteiger partial charge in [-0.3, -0.25) is 4.55 Å². The van der Waals surface area contributed by atoms with Crippen LogP contribution in [-0.4, -0.2) is 13.0 Å². The van der Waals surface area contributed by atoms with Gasteiger partial charge in [-0.05, 0) is 48.4 Å². The quantitative estimate of drug-likeness (QED) is 0.413. The normalized spacial score (nSPS) is 11.0. The van der Waals surface area contributed by atoms with Gasteiger partial charge in [-0.25, -0.2) is 0 Å². The molecule has 0 saturated carbocycles. The van der Waals surface area contributed by atoms with Gasteiger partial charge in [-0.1, -0.05) is 44.4 Å². The Morgan fingerprint density at radius 2 is 1.76 bits per heavy atom. The maximum atomic E-state index is 12.3. The summed E-state index contributed by atoms with van der Waals surface area (Å²) in [7, 11) is -4.60. The Labute approximate surface area is 191 Å². The number of ether oxygens (including phenoxy) is 1. The zero-order valence-electron chi connectivity index (χ0n) is 14.6. The van der Waals surface area contributed by atoms with E-state index >= 15 is 0 Å². The maximum Gasteiger partial charge on any atom is 1.00 e. The van der Waals surface area contributed by atoms with E-state index in [0.717, 1.165) is 25.7 Å². The van der Waals surface area contributed by atoms with Gasteiger partial charge in [0.05, 0.1) is 4.90 Å². The second-order valence-electron chi connectivity index (χ2n) is 5.62. The van der Waals surface area contributed by atoms with Crippen molar-refractivity contribution in [1.29, 1.82) is 0 Å². The Kier molecular flexibility index (Phi) is 9.65.